The number of aliphatic carboxylic acids is 1. The van der Waals surface area contributed by atoms with E-state index in [1.54, 1.807) is 12.1 Å². The molecule has 0 aliphatic carbocycles. The number of carboxylic acid groups (broad SMARTS) is 1. The topological polar surface area (TPSA) is 87.7 Å². The number of rotatable bonds is 8. The maximum Gasteiger partial charge on any atom is 0.408 e. The van der Waals surface area contributed by atoms with Gasteiger partial charge >= 0.3 is 6.09 Å². The molecule has 1 amide bonds. The van der Waals surface area contributed by atoms with Crippen LogP contribution >= 0.6 is 0 Å². The van der Waals surface area contributed by atoms with Gasteiger partial charge in [0.2, 0.25) is 0 Å². The molecule has 126 valence electrons. The third-order valence-electron chi connectivity index (χ3n) is 3.19. The zero-order valence-electron chi connectivity index (χ0n) is 13.0. The van der Waals surface area contributed by atoms with Gasteiger partial charge in [-0.05, 0) is 11.1 Å². The van der Waals surface area contributed by atoms with Crippen molar-refractivity contribution in [1.29, 1.82) is 0 Å². The number of carbonyl (C=O) groups excluding carboxylic acids is 2. The van der Waals surface area contributed by atoms with E-state index in [-0.39, 0.29) is 19.8 Å². The highest BCUT2D eigenvalue weighted by Crippen LogP contribution is 2.02. The van der Waals surface area contributed by atoms with Crippen LogP contribution in [-0.2, 0) is 27.5 Å². The zero-order chi connectivity index (χ0) is 17.2. The van der Waals surface area contributed by atoms with Crippen molar-refractivity contribution < 1.29 is 24.2 Å². The first kappa shape index (κ1) is 17.5. The molecule has 0 radical (unpaired) electrons. The Morgan fingerprint density at radius 1 is 0.917 bits per heavy atom. The minimum atomic E-state index is -1.43. The molecule has 0 fully saturated rings. The molecular formula is C18H18NO5-. The van der Waals surface area contributed by atoms with E-state index in [1.165, 1.54) is 0 Å². The maximum atomic E-state index is 11.7. The highest BCUT2D eigenvalue weighted by Gasteiger charge is 2.15. The summed E-state index contributed by atoms with van der Waals surface area (Å²) in [6.07, 6.45) is -0.837. The molecule has 2 aromatic carbocycles. The minimum absolute atomic E-state index is 0.0529. The third-order valence-corrected chi connectivity index (χ3v) is 3.19. The Morgan fingerprint density at radius 3 is 2.00 bits per heavy atom. The number of carboxylic acids is 1. The van der Waals surface area contributed by atoms with Crippen molar-refractivity contribution in [1.82, 2.24) is 5.32 Å². The molecule has 0 aromatic heterocycles. The Hall–Kier alpha value is -2.86. The molecule has 0 bridgehead atoms. The lowest BCUT2D eigenvalue weighted by atomic mass is 10.2. The lowest BCUT2D eigenvalue weighted by Crippen LogP contribution is -2.50. The summed E-state index contributed by atoms with van der Waals surface area (Å²) >= 11 is 0. The number of alkyl carbamates (subject to hydrolysis) is 1. The van der Waals surface area contributed by atoms with Crippen LogP contribution in [0.3, 0.4) is 0 Å². The van der Waals surface area contributed by atoms with Gasteiger partial charge in [0.05, 0.1) is 25.2 Å². The summed E-state index contributed by atoms with van der Waals surface area (Å²) in [5, 5.41) is 13.3. The van der Waals surface area contributed by atoms with Crippen LogP contribution in [0.15, 0.2) is 60.7 Å². The molecular weight excluding hydrogens is 310 g/mol. The van der Waals surface area contributed by atoms with E-state index in [9.17, 15) is 14.7 Å². The van der Waals surface area contributed by atoms with E-state index in [2.05, 4.69) is 5.32 Å². The van der Waals surface area contributed by atoms with Crippen LogP contribution in [0.4, 0.5) is 4.79 Å². The Morgan fingerprint density at radius 2 is 1.46 bits per heavy atom. The second-order valence-corrected chi connectivity index (χ2v) is 5.08. The van der Waals surface area contributed by atoms with Crippen LogP contribution in [-0.4, -0.2) is 24.7 Å². The molecule has 0 spiro atoms. The van der Waals surface area contributed by atoms with Crippen molar-refractivity contribution >= 4 is 12.1 Å². The summed E-state index contributed by atoms with van der Waals surface area (Å²) in [7, 11) is 0. The highest BCUT2D eigenvalue weighted by molar-refractivity contribution is 5.78. The van der Waals surface area contributed by atoms with Gasteiger partial charge in [-0.1, -0.05) is 60.7 Å². The lowest BCUT2D eigenvalue weighted by molar-refractivity contribution is -0.309. The Balaban J connectivity index is 1.75. The van der Waals surface area contributed by atoms with Gasteiger partial charge in [-0.15, -0.1) is 0 Å². The van der Waals surface area contributed by atoms with Gasteiger partial charge in [0.15, 0.2) is 0 Å². The van der Waals surface area contributed by atoms with E-state index in [4.69, 9.17) is 9.47 Å². The van der Waals surface area contributed by atoms with Gasteiger partial charge in [0.25, 0.3) is 0 Å². The molecule has 0 saturated carbocycles. The van der Waals surface area contributed by atoms with E-state index in [0.717, 1.165) is 11.1 Å². The molecule has 0 saturated heterocycles. The predicted octanol–water partition coefficient (Wildman–Crippen LogP) is 1.25. The number of benzene rings is 2. The normalized spacial score (nSPS) is 11.5. The van der Waals surface area contributed by atoms with Crippen molar-refractivity contribution in [3.8, 4) is 0 Å². The average Bonchev–Trinajstić information content (AvgIpc) is 2.61. The van der Waals surface area contributed by atoms with Crippen molar-refractivity contribution in [2.75, 3.05) is 6.61 Å². The van der Waals surface area contributed by atoms with Gasteiger partial charge in [0.1, 0.15) is 6.61 Å². The second kappa shape index (κ2) is 9.32. The molecule has 0 aliphatic heterocycles. The van der Waals surface area contributed by atoms with Crippen molar-refractivity contribution in [3.63, 3.8) is 0 Å². The van der Waals surface area contributed by atoms with Crippen LogP contribution in [0.25, 0.3) is 0 Å². The fourth-order valence-electron chi connectivity index (χ4n) is 1.94. The second-order valence-electron chi connectivity index (χ2n) is 5.08. The molecule has 2 aromatic rings. The SMILES string of the molecule is O=C(N[C@@H](COCc1ccccc1)C(=O)[O-])OCc1ccccc1. The van der Waals surface area contributed by atoms with Crippen LogP contribution in [0.2, 0.25) is 0 Å². The number of carbonyl (C=O) groups is 2. The Bertz CT molecular complexity index is 645. The van der Waals surface area contributed by atoms with E-state index >= 15 is 0 Å². The summed E-state index contributed by atoms with van der Waals surface area (Å²) in [6.45, 7) is 0.0837. The van der Waals surface area contributed by atoms with Gasteiger partial charge in [-0.3, -0.25) is 0 Å². The van der Waals surface area contributed by atoms with Crippen molar-refractivity contribution in [3.05, 3.63) is 71.8 Å². The summed E-state index contributed by atoms with van der Waals surface area (Å²) in [4.78, 5) is 22.8. The van der Waals surface area contributed by atoms with Crippen LogP contribution in [0.5, 0.6) is 0 Å². The fourth-order valence-corrected chi connectivity index (χ4v) is 1.94. The number of nitrogens with one attached hydrogen (secondary N) is 1. The summed E-state index contributed by atoms with van der Waals surface area (Å²) < 4.78 is 10.3. The first-order valence-electron chi connectivity index (χ1n) is 7.45. The fraction of sp³-hybridized carbons (Fsp3) is 0.222. The lowest BCUT2D eigenvalue weighted by Gasteiger charge is -2.19. The Labute approximate surface area is 140 Å². The molecule has 1 atom stereocenters. The first-order valence-corrected chi connectivity index (χ1v) is 7.45. The highest BCUT2D eigenvalue weighted by atomic mass is 16.5. The maximum absolute atomic E-state index is 11.7. The molecule has 0 unspecified atom stereocenters. The van der Waals surface area contributed by atoms with Crippen molar-refractivity contribution in [2.45, 2.75) is 19.3 Å². The molecule has 2 rings (SSSR count). The van der Waals surface area contributed by atoms with Gasteiger partial charge in [-0.25, -0.2) is 4.79 Å². The number of hydrogen-bond donors (Lipinski definition) is 1. The largest absolute Gasteiger partial charge is 0.548 e. The molecule has 6 heteroatoms. The van der Waals surface area contributed by atoms with E-state index in [0.29, 0.717) is 0 Å². The van der Waals surface area contributed by atoms with Gasteiger partial charge < -0.3 is 24.7 Å². The summed E-state index contributed by atoms with van der Waals surface area (Å²) in [5.74, 6) is -1.43. The third kappa shape index (κ3) is 6.10. The predicted molar refractivity (Wildman–Crippen MR) is 84.7 cm³/mol. The Kier molecular flexibility index (Phi) is 6.79. The van der Waals surface area contributed by atoms with Gasteiger partial charge in [0, 0.05) is 0 Å². The molecule has 0 aliphatic rings. The minimum Gasteiger partial charge on any atom is -0.548 e. The van der Waals surface area contributed by atoms with Gasteiger partial charge in [-0.2, -0.15) is 0 Å². The number of hydrogen-bond acceptors (Lipinski definition) is 5. The summed E-state index contributed by atoms with van der Waals surface area (Å²) in [5.41, 5.74) is 1.71. The molecule has 24 heavy (non-hydrogen) atoms. The smallest absolute Gasteiger partial charge is 0.408 e. The number of amides is 1. The average molecular weight is 328 g/mol. The van der Waals surface area contributed by atoms with Crippen LogP contribution < -0.4 is 10.4 Å². The quantitative estimate of drug-likeness (QED) is 0.788. The van der Waals surface area contributed by atoms with Crippen LogP contribution in [0.1, 0.15) is 11.1 Å². The monoisotopic (exact) mass is 328 g/mol. The first-order chi connectivity index (χ1) is 11.6. The molecule has 0 heterocycles. The van der Waals surface area contributed by atoms with E-state index in [1.807, 2.05) is 48.5 Å². The number of ether oxygens (including phenoxy) is 2. The van der Waals surface area contributed by atoms with Crippen LogP contribution in [0, 0.1) is 0 Å². The summed E-state index contributed by atoms with van der Waals surface area (Å²) in [6, 6.07) is 17.1. The standard InChI is InChI=1S/C18H19NO5/c20-17(21)16(13-23-11-14-7-3-1-4-8-14)19-18(22)24-12-15-9-5-2-6-10-15/h1-10,16H,11-13H2,(H,19,22)(H,20,21)/p-1/t16-/m0/s1. The molecule has 6 nitrogen and oxygen atoms in total. The van der Waals surface area contributed by atoms with Crippen molar-refractivity contribution in [2.24, 2.45) is 0 Å². The molecule has 1 N–H and O–H groups in total. The zero-order valence-corrected chi connectivity index (χ0v) is 13.0. The van der Waals surface area contributed by atoms with E-state index < -0.39 is 18.1 Å².